The van der Waals surface area contributed by atoms with Crippen molar-refractivity contribution in [2.24, 2.45) is 0 Å². The Labute approximate surface area is 214 Å². The standard InChI is InChI=1S/C28H28FN5OS/c1-3-35-19(2)34-17-14-21(15-18-34)27-33-25(20-9-11-22(29)12-10-20)26(36-27)24-13-16-30-28(32-24)31-23-7-5-4-6-8-23/h4-13,16,21H,2-3,14-15,17-18H2,1H3,(H,30,31,32). The van der Waals surface area contributed by atoms with Gasteiger partial charge in [-0.2, -0.15) is 0 Å². The van der Waals surface area contributed by atoms with E-state index in [1.54, 1.807) is 29.7 Å². The number of likely N-dealkylation sites (tertiary alicyclic amines) is 1. The first-order chi connectivity index (χ1) is 17.6. The van der Waals surface area contributed by atoms with Gasteiger partial charge in [-0.15, -0.1) is 11.3 Å². The molecule has 36 heavy (non-hydrogen) atoms. The predicted molar refractivity (Wildman–Crippen MR) is 143 cm³/mol. The topological polar surface area (TPSA) is 63.2 Å². The molecule has 0 unspecified atom stereocenters. The van der Waals surface area contributed by atoms with Crippen LogP contribution in [-0.2, 0) is 4.74 Å². The van der Waals surface area contributed by atoms with Crippen molar-refractivity contribution >= 4 is 23.0 Å². The number of piperidine rings is 1. The fourth-order valence-electron chi connectivity index (χ4n) is 4.32. The molecule has 1 aliphatic rings. The van der Waals surface area contributed by atoms with Gasteiger partial charge in [-0.25, -0.2) is 19.3 Å². The fraction of sp³-hybridized carbons (Fsp3) is 0.250. The average molecular weight is 502 g/mol. The minimum absolute atomic E-state index is 0.269. The van der Waals surface area contributed by atoms with E-state index >= 15 is 0 Å². The Morgan fingerprint density at radius 2 is 1.83 bits per heavy atom. The van der Waals surface area contributed by atoms with Crippen LogP contribution in [0, 0.1) is 5.82 Å². The minimum Gasteiger partial charge on any atom is -0.480 e. The highest BCUT2D eigenvalue weighted by Crippen LogP contribution is 2.41. The highest BCUT2D eigenvalue weighted by Gasteiger charge is 2.27. The van der Waals surface area contributed by atoms with Gasteiger partial charge in [0.2, 0.25) is 5.95 Å². The normalized spacial score (nSPS) is 14.0. The number of nitrogens with zero attached hydrogens (tertiary/aromatic N) is 4. The lowest BCUT2D eigenvalue weighted by Gasteiger charge is -2.33. The predicted octanol–water partition coefficient (Wildman–Crippen LogP) is 6.84. The van der Waals surface area contributed by atoms with E-state index in [1.807, 2.05) is 43.3 Å². The Kier molecular flexibility index (Phi) is 7.23. The van der Waals surface area contributed by atoms with Gasteiger partial charge in [-0.05, 0) is 68.8 Å². The van der Waals surface area contributed by atoms with Gasteiger partial charge in [0.05, 0.1) is 27.9 Å². The number of benzene rings is 2. The molecule has 1 N–H and O–H groups in total. The highest BCUT2D eigenvalue weighted by molar-refractivity contribution is 7.15. The zero-order valence-corrected chi connectivity index (χ0v) is 21.0. The molecule has 0 spiro atoms. The summed E-state index contributed by atoms with van der Waals surface area (Å²) in [4.78, 5) is 17.4. The van der Waals surface area contributed by atoms with Crippen molar-refractivity contribution in [3.8, 4) is 21.8 Å². The van der Waals surface area contributed by atoms with Crippen LogP contribution >= 0.6 is 11.3 Å². The van der Waals surface area contributed by atoms with Crippen LogP contribution in [0.4, 0.5) is 16.0 Å². The molecular formula is C28H28FN5OS. The largest absolute Gasteiger partial charge is 0.480 e. The van der Waals surface area contributed by atoms with Gasteiger partial charge in [0.15, 0.2) is 5.88 Å². The van der Waals surface area contributed by atoms with E-state index in [9.17, 15) is 4.39 Å². The van der Waals surface area contributed by atoms with Gasteiger partial charge < -0.3 is 15.0 Å². The van der Waals surface area contributed by atoms with E-state index < -0.39 is 0 Å². The molecule has 0 saturated carbocycles. The summed E-state index contributed by atoms with van der Waals surface area (Å²) < 4.78 is 19.3. The maximum absolute atomic E-state index is 13.7. The van der Waals surface area contributed by atoms with Crippen molar-refractivity contribution in [2.75, 3.05) is 25.0 Å². The molecule has 1 aliphatic heterocycles. The molecule has 2 aromatic heterocycles. The summed E-state index contributed by atoms with van der Waals surface area (Å²) in [6, 6.07) is 18.2. The molecule has 0 bridgehead atoms. The lowest BCUT2D eigenvalue weighted by atomic mass is 9.97. The van der Waals surface area contributed by atoms with Gasteiger partial charge in [0.25, 0.3) is 0 Å². The molecule has 2 aromatic carbocycles. The minimum atomic E-state index is -0.269. The van der Waals surface area contributed by atoms with Crippen LogP contribution in [0.25, 0.3) is 21.8 Å². The van der Waals surface area contributed by atoms with Crippen molar-refractivity contribution in [1.29, 1.82) is 0 Å². The summed E-state index contributed by atoms with van der Waals surface area (Å²) in [6.45, 7) is 8.40. The number of thiazole rings is 1. The third-order valence-corrected chi connectivity index (χ3v) is 7.43. The van der Waals surface area contributed by atoms with E-state index in [0.29, 0.717) is 18.5 Å². The molecule has 0 radical (unpaired) electrons. The van der Waals surface area contributed by atoms with Crippen molar-refractivity contribution < 1.29 is 9.13 Å². The van der Waals surface area contributed by atoms with E-state index in [0.717, 1.165) is 64.3 Å². The first-order valence-corrected chi connectivity index (χ1v) is 12.9. The smallest absolute Gasteiger partial charge is 0.227 e. The zero-order valence-electron chi connectivity index (χ0n) is 20.2. The van der Waals surface area contributed by atoms with Crippen LogP contribution in [0.1, 0.15) is 30.7 Å². The molecule has 0 atom stereocenters. The number of aromatic nitrogens is 3. The second-order valence-corrected chi connectivity index (χ2v) is 9.61. The first kappa shape index (κ1) is 23.9. The van der Waals surface area contributed by atoms with E-state index in [4.69, 9.17) is 14.7 Å². The number of hydrogen-bond donors (Lipinski definition) is 1. The lowest BCUT2D eigenvalue weighted by Crippen LogP contribution is -2.32. The Balaban J connectivity index is 1.45. The zero-order chi connectivity index (χ0) is 24.9. The molecule has 0 aliphatic carbocycles. The lowest BCUT2D eigenvalue weighted by molar-refractivity contribution is 0.104. The summed E-state index contributed by atoms with van der Waals surface area (Å²) in [7, 11) is 0. The molecule has 8 heteroatoms. The van der Waals surface area contributed by atoms with Gasteiger partial charge in [-0.3, -0.25) is 0 Å². The molecular weight excluding hydrogens is 473 g/mol. The van der Waals surface area contributed by atoms with Crippen molar-refractivity contribution in [3.05, 3.63) is 90.1 Å². The summed E-state index contributed by atoms with van der Waals surface area (Å²) in [5, 5.41) is 4.33. The van der Waals surface area contributed by atoms with Crippen molar-refractivity contribution in [1.82, 2.24) is 19.9 Å². The Bertz CT molecular complexity index is 1320. The number of ether oxygens (including phenoxy) is 1. The first-order valence-electron chi connectivity index (χ1n) is 12.1. The molecule has 6 nitrogen and oxygen atoms in total. The van der Waals surface area contributed by atoms with Gasteiger partial charge in [-0.1, -0.05) is 18.2 Å². The highest BCUT2D eigenvalue weighted by atomic mass is 32.1. The fourth-order valence-corrected chi connectivity index (χ4v) is 5.54. The molecule has 0 amide bonds. The molecule has 3 heterocycles. The van der Waals surface area contributed by atoms with Gasteiger partial charge in [0, 0.05) is 36.5 Å². The van der Waals surface area contributed by atoms with E-state index in [2.05, 4.69) is 21.8 Å². The second-order valence-electron chi connectivity index (χ2n) is 8.58. The molecule has 1 fully saturated rings. The van der Waals surface area contributed by atoms with Crippen LogP contribution in [0.5, 0.6) is 0 Å². The third kappa shape index (κ3) is 5.39. The Morgan fingerprint density at radius 3 is 2.56 bits per heavy atom. The van der Waals surface area contributed by atoms with Gasteiger partial charge in [0.1, 0.15) is 5.82 Å². The number of rotatable bonds is 8. The number of hydrogen-bond acceptors (Lipinski definition) is 7. The van der Waals surface area contributed by atoms with Crippen LogP contribution in [-0.4, -0.2) is 39.5 Å². The molecule has 4 aromatic rings. The Hall–Kier alpha value is -3.78. The molecule has 184 valence electrons. The summed E-state index contributed by atoms with van der Waals surface area (Å²) in [5.41, 5.74) is 3.39. The number of nitrogens with one attached hydrogen (secondary N) is 1. The summed E-state index contributed by atoms with van der Waals surface area (Å²) >= 11 is 1.66. The average Bonchev–Trinajstić information content (AvgIpc) is 3.36. The second kappa shape index (κ2) is 10.9. The molecule has 1 saturated heterocycles. The monoisotopic (exact) mass is 501 g/mol. The van der Waals surface area contributed by atoms with Crippen LogP contribution in [0.3, 0.4) is 0 Å². The van der Waals surface area contributed by atoms with Crippen molar-refractivity contribution in [3.63, 3.8) is 0 Å². The summed E-state index contributed by atoms with van der Waals surface area (Å²) in [5.74, 6) is 1.31. The number of anilines is 2. The third-order valence-electron chi connectivity index (χ3n) is 6.19. The van der Waals surface area contributed by atoms with E-state index in [1.165, 1.54) is 12.1 Å². The van der Waals surface area contributed by atoms with Gasteiger partial charge >= 0.3 is 0 Å². The Morgan fingerprint density at radius 1 is 1.08 bits per heavy atom. The van der Waals surface area contributed by atoms with Crippen LogP contribution in [0.15, 0.2) is 79.3 Å². The number of para-hydroxylation sites is 1. The quantitative estimate of drug-likeness (QED) is 0.267. The molecule has 5 rings (SSSR count). The van der Waals surface area contributed by atoms with E-state index in [-0.39, 0.29) is 5.82 Å². The number of halogens is 1. The SMILES string of the molecule is C=C(OCC)N1CCC(c2nc(-c3ccc(F)cc3)c(-c3ccnc(Nc4ccccc4)n3)s2)CC1. The maximum Gasteiger partial charge on any atom is 0.227 e. The maximum atomic E-state index is 13.7. The van der Waals surface area contributed by atoms with Crippen LogP contribution in [0.2, 0.25) is 0 Å². The summed E-state index contributed by atoms with van der Waals surface area (Å²) in [6.07, 6.45) is 3.68. The van der Waals surface area contributed by atoms with Crippen LogP contribution < -0.4 is 5.32 Å². The van der Waals surface area contributed by atoms with Crippen molar-refractivity contribution in [2.45, 2.75) is 25.7 Å².